The third-order valence-corrected chi connectivity index (χ3v) is 2.73. The van der Waals surface area contributed by atoms with Gasteiger partial charge in [0, 0.05) is 7.11 Å². The molecule has 0 saturated carbocycles. The van der Waals surface area contributed by atoms with Crippen LogP contribution in [-0.4, -0.2) is 25.7 Å². The number of benzene rings is 1. The molecule has 0 spiro atoms. The molecule has 1 aromatic rings. The molecular weight excluding hydrogens is 278 g/mol. The number of alkyl halides is 3. The van der Waals surface area contributed by atoms with Gasteiger partial charge in [0.2, 0.25) is 0 Å². The number of amides is 1. The second-order valence-electron chi connectivity index (χ2n) is 4.23. The van der Waals surface area contributed by atoms with Crippen molar-refractivity contribution in [3.05, 3.63) is 35.1 Å². The maximum Gasteiger partial charge on any atom is 0.416 e. The van der Waals surface area contributed by atoms with Crippen LogP contribution in [0.4, 0.5) is 17.6 Å². The molecule has 0 heterocycles. The number of carbonyl (C=O) groups excluding carboxylic acids is 1. The number of hydrogen-bond acceptors (Lipinski definition) is 2. The van der Waals surface area contributed by atoms with Crippen LogP contribution in [0.5, 0.6) is 0 Å². The van der Waals surface area contributed by atoms with Crippen molar-refractivity contribution >= 4 is 5.91 Å². The molecule has 1 N–H and O–H groups in total. The maximum atomic E-state index is 13.5. The van der Waals surface area contributed by atoms with Gasteiger partial charge in [-0.3, -0.25) is 4.79 Å². The van der Waals surface area contributed by atoms with Crippen molar-refractivity contribution in [3.8, 4) is 0 Å². The summed E-state index contributed by atoms with van der Waals surface area (Å²) in [4.78, 5) is 11.8. The van der Waals surface area contributed by atoms with Gasteiger partial charge in [0.25, 0.3) is 5.91 Å². The molecular formula is C13H15F4NO2. The Morgan fingerprint density at radius 2 is 2.05 bits per heavy atom. The summed E-state index contributed by atoms with van der Waals surface area (Å²) in [5, 5.41) is 2.43. The van der Waals surface area contributed by atoms with E-state index in [4.69, 9.17) is 4.74 Å². The van der Waals surface area contributed by atoms with E-state index >= 15 is 0 Å². The van der Waals surface area contributed by atoms with Crippen molar-refractivity contribution in [2.24, 2.45) is 0 Å². The molecule has 0 aliphatic heterocycles. The van der Waals surface area contributed by atoms with E-state index < -0.39 is 29.0 Å². The van der Waals surface area contributed by atoms with Crippen LogP contribution in [0.15, 0.2) is 18.2 Å². The van der Waals surface area contributed by atoms with Crippen LogP contribution in [0.1, 0.15) is 29.3 Å². The van der Waals surface area contributed by atoms with E-state index in [9.17, 15) is 22.4 Å². The second-order valence-corrected chi connectivity index (χ2v) is 4.23. The minimum Gasteiger partial charge on any atom is -0.383 e. The van der Waals surface area contributed by atoms with Crippen LogP contribution < -0.4 is 5.32 Å². The summed E-state index contributed by atoms with van der Waals surface area (Å²) in [6.45, 7) is 1.97. The highest BCUT2D eigenvalue weighted by Gasteiger charge is 2.32. The molecule has 112 valence electrons. The predicted octanol–water partition coefficient (Wildman–Crippen LogP) is 3.00. The zero-order valence-electron chi connectivity index (χ0n) is 11.1. The lowest BCUT2D eigenvalue weighted by molar-refractivity contribution is -0.137. The normalized spacial score (nSPS) is 13.1. The van der Waals surface area contributed by atoms with Crippen molar-refractivity contribution in [2.45, 2.75) is 25.6 Å². The lowest BCUT2D eigenvalue weighted by atomic mass is 10.1. The fourth-order valence-electron chi connectivity index (χ4n) is 1.60. The summed E-state index contributed by atoms with van der Waals surface area (Å²) in [5.41, 5.74) is -1.70. The molecule has 0 aliphatic rings. The van der Waals surface area contributed by atoms with Crippen LogP contribution >= 0.6 is 0 Å². The maximum absolute atomic E-state index is 13.5. The zero-order chi connectivity index (χ0) is 15.3. The van der Waals surface area contributed by atoms with Crippen LogP contribution in [0, 0.1) is 5.82 Å². The molecule has 3 nitrogen and oxygen atoms in total. The Morgan fingerprint density at radius 1 is 1.40 bits per heavy atom. The van der Waals surface area contributed by atoms with E-state index in [0.717, 1.165) is 0 Å². The first-order chi connectivity index (χ1) is 9.29. The van der Waals surface area contributed by atoms with Gasteiger partial charge in [0.15, 0.2) is 0 Å². The third-order valence-electron chi connectivity index (χ3n) is 2.73. The third kappa shape index (κ3) is 4.19. The summed E-state index contributed by atoms with van der Waals surface area (Å²) in [6, 6.07) is 1.35. The number of carbonyl (C=O) groups is 1. The van der Waals surface area contributed by atoms with Gasteiger partial charge in [-0.05, 0) is 24.6 Å². The molecule has 1 atom stereocenters. The van der Waals surface area contributed by atoms with Gasteiger partial charge >= 0.3 is 6.18 Å². The minimum atomic E-state index is -4.63. The second kappa shape index (κ2) is 6.69. The van der Waals surface area contributed by atoms with Gasteiger partial charge in [-0.15, -0.1) is 0 Å². The molecule has 20 heavy (non-hydrogen) atoms. The van der Waals surface area contributed by atoms with Gasteiger partial charge in [0.1, 0.15) is 5.82 Å². The highest BCUT2D eigenvalue weighted by Crippen LogP contribution is 2.30. The van der Waals surface area contributed by atoms with Crippen LogP contribution in [0.25, 0.3) is 0 Å². The number of nitrogens with one attached hydrogen (secondary N) is 1. The molecule has 1 amide bonds. The lowest BCUT2D eigenvalue weighted by Crippen LogP contribution is -2.38. The summed E-state index contributed by atoms with van der Waals surface area (Å²) < 4.78 is 56.0. The Hall–Kier alpha value is -1.63. The average molecular weight is 293 g/mol. The molecule has 0 aliphatic carbocycles. The Balaban J connectivity index is 2.97. The summed E-state index contributed by atoms with van der Waals surface area (Å²) in [6.07, 6.45) is -4.11. The van der Waals surface area contributed by atoms with Crippen LogP contribution in [0.2, 0.25) is 0 Å². The largest absolute Gasteiger partial charge is 0.416 e. The Bertz CT molecular complexity index is 474. The molecule has 1 unspecified atom stereocenters. The molecule has 7 heteroatoms. The van der Waals surface area contributed by atoms with Crippen molar-refractivity contribution < 1.29 is 27.1 Å². The van der Waals surface area contributed by atoms with E-state index in [0.29, 0.717) is 24.6 Å². The molecule has 0 bridgehead atoms. The highest BCUT2D eigenvalue weighted by molar-refractivity contribution is 5.94. The number of halogens is 4. The van der Waals surface area contributed by atoms with E-state index in [2.05, 4.69) is 5.32 Å². The van der Waals surface area contributed by atoms with Crippen molar-refractivity contribution in [1.29, 1.82) is 0 Å². The quantitative estimate of drug-likeness (QED) is 0.848. The number of methoxy groups -OCH3 is 1. The first-order valence-electron chi connectivity index (χ1n) is 5.96. The topological polar surface area (TPSA) is 38.3 Å². The van der Waals surface area contributed by atoms with E-state index in [1.54, 1.807) is 6.92 Å². The first kappa shape index (κ1) is 16.4. The van der Waals surface area contributed by atoms with Crippen molar-refractivity contribution in [2.75, 3.05) is 13.7 Å². The standard InChI is InChI=1S/C13H15F4NO2/c1-3-9(7-20-2)18-12(19)10-6-8(13(15,16)17)4-5-11(10)14/h4-6,9H,3,7H2,1-2H3,(H,18,19). The van der Waals surface area contributed by atoms with Gasteiger partial charge < -0.3 is 10.1 Å². The Morgan fingerprint density at radius 3 is 2.55 bits per heavy atom. The molecule has 1 rings (SSSR count). The van der Waals surface area contributed by atoms with E-state index in [-0.39, 0.29) is 12.6 Å². The Labute approximate surface area is 113 Å². The van der Waals surface area contributed by atoms with E-state index in [1.165, 1.54) is 7.11 Å². The van der Waals surface area contributed by atoms with Crippen LogP contribution in [-0.2, 0) is 10.9 Å². The zero-order valence-corrected chi connectivity index (χ0v) is 11.1. The van der Waals surface area contributed by atoms with Crippen molar-refractivity contribution in [1.82, 2.24) is 5.32 Å². The first-order valence-corrected chi connectivity index (χ1v) is 5.96. The van der Waals surface area contributed by atoms with Gasteiger partial charge in [-0.25, -0.2) is 4.39 Å². The lowest BCUT2D eigenvalue weighted by Gasteiger charge is -2.16. The summed E-state index contributed by atoms with van der Waals surface area (Å²) in [5.74, 6) is -1.89. The molecule has 1 aromatic carbocycles. The fraction of sp³-hybridized carbons (Fsp3) is 0.462. The molecule has 0 radical (unpaired) electrons. The highest BCUT2D eigenvalue weighted by atomic mass is 19.4. The van der Waals surface area contributed by atoms with Gasteiger partial charge in [-0.1, -0.05) is 6.92 Å². The minimum absolute atomic E-state index is 0.197. The van der Waals surface area contributed by atoms with E-state index in [1.807, 2.05) is 0 Å². The summed E-state index contributed by atoms with van der Waals surface area (Å²) in [7, 11) is 1.43. The SMILES string of the molecule is CCC(COC)NC(=O)c1cc(C(F)(F)F)ccc1F. The number of ether oxygens (including phenoxy) is 1. The van der Waals surface area contributed by atoms with Gasteiger partial charge in [-0.2, -0.15) is 13.2 Å². The van der Waals surface area contributed by atoms with Crippen LogP contribution in [0.3, 0.4) is 0 Å². The predicted molar refractivity (Wildman–Crippen MR) is 64.8 cm³/mol. The van der Waals surface area contributed by atoms with Crippen molar-refractivity contribution in [3.63, 3.8) is 0 Å². The molecule has 0 saturated heterocycles. The molecule has 0 fully saturated rings. The average Bonchev–Trinajstić information content (AvgIpc) is 2.37. The molecule has 0 aromatic heterocycles. The number of rotatable bonds is 5. The monoisotopic (exact) mass is 293 g/mol. The number of hydrogen-bond donors (Lipinski definition) is 1. The summed E-state index contributed by atoms with van der Waals surface area (Å²) >= 11 is 0. The fourth-order valence-corrected chi connectivity index (χ4v) is 1.60. The van der Waals surface area contributed by atoms with Gasteiger partial charge in [0.05, 0.1) is 23.8 Å². The smallest absolute Gasteiger partial charge is 0.383 e. The Kier molecular flexibility index (Phi) is 5.50.